The first kappa shape index (κ1) is 16.0. The highest BCUT2D eigenvalue weighted by atomic mass is 79.9. The van der Waals surface area contributed by atoms with Gasteiger partial charge < -0.3 is 10.2 Å². The number of likely N-dealkylation sites (tertiary alicyclic amines) is 1. The lowest BCUT2D eigenvalue weighted by Crippen LogP contribution is -2.43. The quantitative estimate of drug-likeness (QED) is 0.905. The van der Waals surface area contributed by atoms with Gasteiger partial charge in [0.15, 0.2) is 0 Å². The number of rotatable bonds is 4. The monoisotopic (exact) mass is 352 g/mol. The second-order valence-electron chi connectivity index (χ2n) is 5.44. The van der Waals surface area contributed by atoms with Crippen LogP contribution in [0.25, 0.3) is 0 Å². The Hall–Kier alpha value is -1.36. The number of carbonyl (C=O) groups excluding carboxylic acids is 2. The van der Waals surface area contributed by atoms with Crippen LogP contribution in [0.2, 0.25) is 0 Å². The normalized spacial score (nSPS) is 18.4. The maximum atomic E-state index is 12.1. The highest BCUT2D eigenvalue weighted by Gasteiger charge is 2.22. The van der Waals surface area contributed by atoms with Gasteiger partial charge in [0.2, 0.25) is 5.91 Å². The topological polar surface area (TPSA) is 49.4 Å². The highest BCUT2D eigenvalue weighted by Crippen LogP contribution is 2.17. The molecule has 0 unspecified atom stereocenters. The number of carbonyl (C=O) groups is 2. The number of benzene rings is 1. The van der Waals surface area contributed by atoms with E-state index in [1.807, 2.05) is 17.0 Å². The van der Waals surface area contributed by atoms with Gasteiger partial charge in [-0.25, -0.2) is 0 Å². The third-order valence-corrected chi connectivity index (χ3v) is 4.38. The van der Waals surface area contributed by atoms with Gasteiger partial charge >= 0.3 is 0 Å². The Morgan fingerprint density at radius 3 is 2.67 bits per heavy atom. The van der Waals surface area contributed by atoms with Gasteiger partial charge in [-0.1, -0.05) is 15.9 Å². The molecule has 1 atom stereocenters. The summed E-state index contributed by atoms with van der Waals surface area (Å²) in [6.07, 6.45) is 3.73. The number of piperidine rings is 1. The minimum absolute atomic E-state index is 0.137. The number of hydrogen-bond donors (Lipinski definition) is 1. The predicted octanol–water partition coefficient (Wildman–Crippen LogP) is 2.97. The highest BCUT2D eigenvalue weighted by molar-refractivity contribution is 9.10. The smallest absolute Gasteiger partial charge is 0.251 e. The lowest BCUT2D eigenvalue weighted by molar-refractivity contribution is -0.134. The maximum Gasteiger partial charge on any atom is 0.251 e. The summed E-state index contributed by atoms with van der Waals surface area (Å²) in [6, 6.07) is 7.50. The van der Waals surface area contributed by atoms with Crippen LogP contribution >= 0.6 is 15.9 Å². The summed E-state index contributed by atoms with van der Waals surface area (Å²) in [7, 11) is 0. The molecular formula is C16H21BrN2O2. The molecule has 2 amide bonds. The molecule has 1 aromatic rings. The van der Waals surface area contributed by atoms with E-state index in [0.717, 1.165) is 23.9 Å². The van der Waals surface area contributed by atoms with Crippen LogP contribution in [0.15, 0.2) is 28.7 Å². The number of halogens is 1. The summed E-state index contributed by atoms with van der Waals surface area (Å²) in [5.74, 6) is 0.000277. The summed E-state index contributed by atoms with van der Waals surface area (Å²) in [5, 5.41) is 2.80. The summed E-state index contributed by atoms with van der Waals surface area (Å²) in [5.41, 5.74) is 0.608. The van der Waals surface area contributed by atoms with Crippen molar-refractivity contribution >= 4 is 27.7 Å². The van der Waals surface area contributed by atoms with E-state index in [1.54, 1.807) is 12.1 Å². The van der Waals surface area contributed by atoms with E-state index in [1.165, 1.54) is 6.42 Å². The van der Waals surface area contributed by atoms with Crippen molar-refractivity contribution in [1.29, 1.82) is 0 Å². The molecule has 0 saturated carbocycles. The summed E-state index contributed by atoms with van der Waals surface area (Å²) in [4.78, 5) is 26.0. The number of nitrogens with zero attached hydrogens (tertiary/aromatic N) is 1. The lowest BCUT2D eigenvalue weighted by atomic mass is 10.0. The second-order valence-corrected chi connectivity index (χ2v) is 6.36. The summed E-state index contributed by atoms with van der Waals surface area (Å²) in [6.45, 7) is 3.33. The standard InChI is InChI=1S/C16H21BrN2O2/c1-12-4-2-3-11-19(12)15(20)9-10-18-16(21)13-5-7-14(17)8-6-13/h5-8,12H,2-4,9-11H2,1H3,(H,18,21)/t12-/m1/s1. The van der Waals surface area contributed by atoms with Crippen molar-refractivity contribution in [2.45, 2.75) is 38.6 Å². The van der Waals surface area contributed by atoms with E-state index in [-0.39, 0.29) is 11.8 Å². The van der Waals surface area contributed by atoms with Crippen LogP contribution in [0.5, 0.6) is 0 Å². The molecule has 4 nitrogen and oxygen atoms in total. The SMILES string of the molecule is C[C@@H]1CCCCN1C(=O)CCNC(=O)c1ccc(Br)cc1. The van der Waals surface area contributed by atoms with Crippen molar-refractivity contribution in [2.75, 3.05) is 13.1 Å². The first-order valence-corrected chi connectivity index (χ1v) is 8.20. The molecule has 114 valence electrons. The Kier molecular flexibility index (Phi) is 5.79. The lowest BCUT2D eigenvalue weighted by Gasteiger charge is -2.33. The van der Waals surface area contributed by atoms with Gasteiger partial charge in [-0.05, 0) is 50.5 Å². The summed E-state index contributed by atoms with van der Waals surface area (Å²) >= 11 is 3.33. The summed E-state index contributed by atoms with van der Waals surface area (Å²) < 4.78 is 0.938. The average Bonchev–Trinajstić information content (AvgIpc) is 2.48. The van der Waals surface area contributed by atoms with E-state index in [4.69, 9.17) is 0 Å². The molecule has 0 radical (unpaired) electrons. The van der Waals surface area contributed by atoms with Crippen LogP contribution in [0.4, 0.5) is 0 Å². The van der Waals surface area contributed by atoms with Gasteiger partial charge in [0.25, 0.3) is 5.91 Å². The molecule has 1 fully saturated rings. The van der Waals surface area contributed by atoms with Crippen LogP contribution in [0.3, 0.4) is 0 Å². The van der Waals surface area contributed by atoms with E-state index < -0.39 is 0 Å². The molecule has 0 aliphatic carbocycles. The third-order valence-electron chi connectivity index (χ3n) is 3.85. The molecule has 0 bridgehead atoms. The van der Waals surface area contributed by atoms with Crippen LogP contribution in [-0.2, 0) is 4.79 Å². The first-order valence-electron chi connectivity index (χ1n) is 7.41. The molecule has 2 rings (SSSR count). The molecule has 1 aromatic carbocycles. The number of amides is 2. The minimum Gasteiger partial charge on any atom is -0.352 e. The van der Waals surface area contributed by atoms with Crippen molar-refractivity contribution in [3.05, 3.63) is 34.3 Å². The van der Waals surface area contributed by atoms with Crippen molar-refractivity contribution in [3.8, 4) is 0 Å². The fraction of sp³-hybridized carbons (Fsp3) is 0.500. The molecule has 1 N–H and O–H groups in total. The molecule has 21 heavy (non-hydrogen) atoms. The van der Waals surface area contributed by atoms with Crippen LogP contribution in [0.1, 0.15) is 43.0 Å². The van der Waals surface area contributed by atoms with Gasteiger partial charge in [0, 0.05) is 35.6 Å². The van der Waals surface area contributed by atoms with Gasteiger partial charge in [-0.2, -0.15) is 0 Å². The minimum atomic E-state index is -0.137. The molecule has 5 heteroatoms. The second kappa shape index (κ2) is 7.59. The maximum absolute atomic E-state index is 12.1. The van der Waals surface area contributed by atoms with Crippen LogP contribution in [-0.4, -0.2) is 35.8 Å². The molecule has 0 aromatic heterocycles. The van der Waals surface area contributed by atoms with Gasteiger partial charge in [0.1, 0.15) is 0 Å². The zero-order valence-electron chi connectivity index (χ0n) is 12.3. The first-order chi connectivity index (χ1) is 10.1. The average molecular weight is 353 g/mol. The number of nitrogens with one attached hydrogen (secondary N) is 1. The Morgan fingerprint density at radius 1 is 1.29 bits per heavy atom. The Bertz CT molecular complexity index is 502. The fourth-order valence-corrected chi connectivity index (χ4v) is 2.86. The third kappa shape index (κ3) is 4.56. The van der Waals surface area contributed by atoms with E-state index in [9.17, 15) is 9.59 Å². The predicted molar refractivity (Wildman–Crippen MR) is 86.1 cm³/mol. The van der Waals surface area contributed by atoms with Crippen LogP contribution < -0.4 is 5.32 Å². The van der Waals surface area contributed by atoms with Crippen LogP contribution in [0, 0.1) is 0 Å². The van der Waals surface area contributed by atoms with Crippen molar-refractivity contribution in [3.63, 3.8) is 0 Å². The molecule has 0 spiro atoms. The number of hydrogen-bond acceptors (Lipinski definition) is 2. The zero-order valence-corrected chi connectivity index (χ0v) is 13.9. The Balaban J connectivity index is 1.77. The molecule has 1 saturated heterocycles. The van der Waals surface area contributed by atoms with Gasteiger partial charge in [0.05, 0.1) is 0 Å². The molecule has 1 aliphatic rings. The van der Waals surface area contributed by atoms with Crippen molar-refractivity contribution < 1.29 is 9.59 Å². The molecule has 1 aliphatic heterocycles. The Morgan fingerprint density at radius 2 is 2.00 bits per heavy atom. The van der Waals surface area contributed by atoms with Gasteiger partial charge in [-0.3, -0.25) is 9.59 Å². The van der Waals surface area contributed by atoms with E-state index in [0.29, 0.717) is 24.6 Å². The zero-order chi connectivity index (χ0) is 15.2. The fourth-order valence-electron chi connectivity index (χ4n) is 2.60. The molecular weight excluding hydrogens is 332 g/mol. The van der Waals surface area contributed by atoms with Gasteiger partial charge in [-0.15, -0.1) is 0 Å². The van der Waals surface area contributed by atoms with Crippen molar-refractivity contribution in [1.82, 2.24) is 10.2 Å². The van der Waals surface area contributed by atoms with E-state index in [2.05, 4.69) is 28.2 Å². The largest absolute Gasteiger partial charge is 0.352 e. The Labute approximate surface area is 134 Å². The van der Waals surface area contributed by atoms with E-state index >= 15 is 0 Å². The van der Waals surface area contributed by atoms with Crippen molar-refractivity contribution in [2.24, 2.45) is 0 Å². The molecule has 1 heterocycles.